The van der Waals surface area contributed by atoms with Gasteiger partial charge in [-0.05, 0) is 241 Å². The number of piperidine rings is 1. The van der Waals surface area contributed by atoms with Crippen LogP contribution in [0.3, 0.4) is 0 Å². The number of anilines is 9. The van der Waals surface area contributed by atoms with Gasteiger partial charge in [-0.3, -0.25) is 79.1 Å². The van der Waals surface area contributed by atoms with Gasteiger partial charge in [-0.1, -0.05) is 60.4 Å². The standard InChI is InChI=1S/C28H31N7O2.C27H28N8O2.C26H29N9O2.C25H27N7O.4CH4/c36-28(31-23-5-7-26(30-18-23)35-10-12-37-13-11-35)27-24-15-21(4-6-25(24)32-33-27)22-14-20(16-29-17-22)19-34-8-2-1-3-9-34;1-34-8-10-35(11-9-34)24-7-5-20(16-29-24)30-27(37)25-22-13-18(4-6-23(22)32-33-25)19-12-21(15-28-14-19)31-26(36)17-2-3-17;1-33(2)26(37)30-20-12-18(14-27-15-20)17-4-6-22-21(13-17)24(32-31-22)25(36)29-19-5-7-23(28-16-19)35-10-8-34(3)9-11-35;1-31(2)15-17-10-19(13-26-12-17)18-4-7-23-22(11-18)24(30-29-23)25(33)28-20-5-6-21(27-14-20)16-32-8-3-9-32;;;;/h4-7,14-18H,1-3,8-13,19H2,(H,31,36)(H,32,33);4-7,12-17H,2-3,8-11H2,1H3,(H,30,37)(H,31,36)(H,32,33);4-7,12-16H,8-11H2,1-3H3,(H,29,36)(H,30,37)(H,31,32);4-7,10-14H,3,8-9,15-16H2,1-2H3,(H,28,33)(H,29,30);4*1H4. The minimum Gasteiger partial charge on any atom is -0.378 e. The van der Waals surface area contributed by atoms with Crippen molar-refractivity contribution in [3.8, 4) is 44.5 Å². The number of likely N-dealkylation sites (N-methyl/N-ethyl adjacent to an activating group) is 2. The quantitative estimate of drug-likeness (QED) is 0.0269. The molecule has 6 fully saturated rings. The maximum absolute atomic E-state index is 13.1. The van der Waals surface area contributed by atoms with Gasteiger partial charge >= 0.3 is 6.03 Å². The number of amides is 7. The van der Waals surface area contributed by atoms with Crippen molar-refractivity contribution in [1.29, 1.82) is 0 Å². The minimum absolute atomic E-state index is 0. The molecule has 5 aliphatic heterocycles. The van der Waals surface area contributed by atoms with E-state index in [0.717, 1.165) is 230 Å². The van der Waals surface area contributed by atoms with Crippen molar-refractivity contribution >= 4 is 131 Å². The Bertz CT molecular complexity index is 7030. The average molecular weight is 2000 g/mol. The third kappa shape index (κ3) is 26.5. The van der Waals surface area contributed by atoms with Crippen LogP contribution >= 0.6 is 0 Å². The van der Waals surface area contributed by atoms with Gasteiger partial charge in [-0.25, -0.2) is 19.7 Å². The third-order valence-corrected chi connectivity index (χ3v) is 26.2. The maximum atomic E-state index is 13.1. The number of likely N-dealkylation sites (tertiary alicyclic amines) is 2. The van der Waals surface area contributed by atoms with E-state index in [1.165, 1.54) is 36.1 Å². The third-order valence-electron chi connectivity index (χ3n) is 26.2. The van der Waals surface area contributed by atoms with Crippen molar-refractivity contribution in [3.63, 3.8) is 0 Å². The number of urea groups is 1. The molecule has 10 N–H and O–H groups in total. The average Bonchev–Trinajstić information content (AvgIpc) is 1.64. The van der Waals surface area contributed by atoms with Crippen LogP contribution in [0.25, 0.3) is 88.1 Å². The van der Waals surface area contributed by atoms with E-state index in [1.54, 1.807) is 63.7 Å². The molecule has 6 aliphatic rings. The highest BCUT2D eigenvalue weighted by Crippen LogP contribution is 2.36. The number of H-pyrrole nitrogens is 4. The smallest absolute Gasteiger partial charge is 0.321 e. The second-order valence-corrected chi connectivity index (χ2v) is 37.5. The number of aromatic amines is 4. The predicted molar refractivity (Wildman–Crippen MR) is 586 cm³/mol. The van der Waals surface area contributed by atoms with Crippen molar-refractivity contribution in [2.24, 2.45) is 5.92 Å². The van der Waals surface area contributed by atoms with Gasteiger partial charge < -0.3 is 70.9 Å². The Labute approximate surface area is 861 Å². The van der Waals surface area contributed by atoms with Crippen LogP contribution in [-0.2, 0) is 29.2 Å². The number of pyridine rings is 8. The molecule has 0 unspecified atom stereocenters. The molecule has 7 amide bonds. The lowest BCUT2D eigenvalue weighted by Crippen LogP contribution is -2.44. The first-order valence-electron chi connectivity index (χ1n) is 48.6. The van der Waals surface area contributed by atoms with Gasteiger partial charge in [0.05, 0.1) is 112 Å². The van der Waals surface area contributed by atoms with E-state index in [1.807, 2.05) is 172 Å². The molecule has 38 nitrogen and oxygen atoms in total. The molecule has 0 bridgehead atoms. The molecular weight excluding hydrogens is 1870 g/mol. The molecule has 4 aromatic carbocycles. The first kappa shape index (κ1) is 106. The Morgan fingerprint density at radius 2 is 0.696 bits per heavy atom. The van der Waals surface area contributed by atoms with Gasteiger partial charge in [0.15, 0.2) is 22.8 Å². The van der Waals surface area contributed by atoms with E-state index in [4.69, 9.17) is 4.74 Å². The molecule has 16 aromatic rings. The number of nitrogens with one attached hydrogen (secondary N) is 10. The van der Waals surface area contributed by atoms with Gasteiger partial charge in [0.2, 0.25) is 5.91 Å². The minimum atomic E-state index is -0.331. The van der Waals surface area contributed by atoms with Gasteiger partial charge in [0.25, 0.3) is 23.6 Å². The molecule has 0 atom stereocenters. The molecule has 1 saturated carbocycles. The number of ether oxygens (including phenoxy) is 1. The van der Waals surface area contributed by atoms with Gasteiger partial charge in [-0.15, -0.1) is 0 Å². The summed E-state index contributed by atoms with van der Waals surface area (Å²) in [6, 6.07) is 46.4. The van der Waals surface area contributed by atoms with Gasteiger partial charge in [0.1, 0.15) is 17.5 Å². The van der Waals surface area contributed by atoms with Crippen LogP contribution in [0.2, 0.25) is 0 Å². The summed E-state index contributed by atoms with van der Waals surface area (Å²) in [5.74, 6) is 1.65. The van der Waals surface area contributed by atoms with E-state index in [9.17, 15) is 28.8 Å². The molecule has 17 heterocycles. The molecular formula is C110H131N31O7. The first-order chi connectivity index (χ1) is 70.2. The maximum Gasteiger partial charge on any atom is 0.321 e. The van der Waals surface area contributed by atoms with Crippen LogP contribution in [0.5, 0.6) is 0 Å². The molecule has 768 valence electrons. The summed E-state index contributed by atoms with van der Waals surface area (Å²) in [5, 5.41) is 49.2. The number of nitrogens with zero attached hydrogens (tertiary/aromatic N) is 21. The van der Waals surface area contributed by atoms with Crippen LogP contribution in [0, 0.1) is 5.92 Å². The Balaban J connectivity index is 0.000000147. The molecule has 0 spiro atoms. The summed E-state index contributed by atoms with van der Waals surface area (Å²) < 4.78 is 5.41. The zero-order valence-electron chi connectivity index (χ0n) is 81.3. The molecule has 5 saturated heterocycles. The van der Waals surface area contributed by atoms with Crippen LogP contribution in [0.1, 0.15) is 127 Å². The predicted octanol–water partition coefficient (Wildman–Crippen LogP) is 16.7. The lowest BCUT2D eigenvalue weighted by Gasteiger charge is -2.33. The Hall–Kier alpha value is -16.3. The second kappa shape index (κ2) is 49.1. The monoisotopic (exact) mass is 2000 g/mol. The van der Waals surface area contributed by atoms with Crippen molar-refractivity contribution < 1.29 is 33.5 Å². The lowest BCUT2D eigenvalue weighted by molar-refractivity contribution is -0.117. The summed E-state index contributed by atoms with van der Waals surface area (Å²) >= 11 is 0. The number of morpholine rings is 1. The number of piperazine rings is 2. The topological polar surface area (TPSA) is 431 Å². The van der Waals surface area contributed by atoms with E-state index in [-0.39, 0.29) is 76.9 Å². The van der Waals surface area contributed by atoms with Gasteiger partial charge in [0, 0.05) is 186 Å². The second-order valence-electron chi connectivity index (χ2n) is 37.5. The van der Waals surface area contributed by atoms with Crippen molar-refractivity contribution in [2.45, 2.75) is 87.9 Å². The molecule has 1 aliphatic carbocycles. The van der Waals surface area contributed by atoms with Crippen LogP contribution in [0.4, 0.5) is 56.4 Å². The molecule has 148 heavy (non-hydrogen) atoms. The zero-order chi connectivity index (χ0) is 99.1. The van der Waals surface area contributed by atoms with E-state index >= 15 is 0 Å². The largest absolute Gasteiger partial charge is 0.378 e. The highest BCUT2D eigenvalue weighted by atomic mass is 16.5. The number of benzene rings is 4. The number of rotatable bonds is 24. The normalized spacial score (nSPS) is 14.8. The number of hydrogen-bond donors (Lipinski definition) is 10. The molecule has 12 aromatic heterocycles. The summed E-state index contributed by atoms with van der Waals surface area (Å²) in [6.07, 6.45) is 28.0. The Morgan fingerprint density at radius 1 is 0.338 bits per heavy atom. The van der Waals surface area contributed by atoms with Crippen LogP contribution in [-0.4, -0.2) is 293 Å². The molecule has 22 rings (SSSR count). The zero-order valence-corrected chi connectivity index (χ0v) is 81.3. The summed E-state index contributed by atoms with van der Waals surface area (Å²) in [7, 11) is 11.6. The highest BCUT2D eigenvalue weighted by Gasteiger charge is 2.31. The summed E-state index contributed by atoms with van der Waals surface area (Å²) in [5.41, 5.74) is 18.9. The fourth-order valence-corrected chi connectivity index (χ4v) is 17.8. The van der Waals surface area contributed by atoms with Crippen molar-refractivity contribution in [2.75, 3.05) is 194 Å². The Morgan fingerprint density at radius 3 is 1.06 bits per heavy atom. The highest BCUT2D eigenvalue weighted by molar-refractivity contribution is 6.15. The van der Waals surface area contributed by atoms with Crippen LogP contribution < -0.4 is 46.6 Å². The van der Waals surface area contributed by atoms with Crippen LogP contribution in [0.15, 0.2) is 220 Å². The van der Waals surface area contributed by atoms with Gasteiger partial charge in [-0.2, -0.15) is 20.4 Å². The summed E-state index contributed by atoms with van der Waals surface area (Å²) in [6.45, 7) is 17.9. The van der Waals surface area contributed by atoms with E-state index in [2.05, 4.69) is 178 Å². The number of aromatic nitrogens is 16. The molecule has 38 heteroatoms. The fraction of sp³-hybridized carbons (Fsp3) is 0.327. The first-order valence-corrected chi connectivity index (χ1v) is 48.6. The number of carbonyl (C=O) groups excluding carboxylic acids is 6. The number of carbonyl (C=O) groups is 6. The lowest BCUT2D eigenvalue weighted by atomic mass is 10.0. The molecule has 0 radical (unpaired) electrons. The SMILES string of the molecule is C.C.C.C.CN(C)Cc1cncc(-c2ccc3[nH]nc(C(=O)Nc4ccc(CN5CCC5)nc4)c3c2)c1.CN1CCN(c2ccc(NC(=O)c3n[nH]c4ccc(-c5cncc(NC(=O)C6CC6)c5)cc34)cn2)CC1.CN1CCN(c2ccc(NC(=O)c3n[nH]c4ccc(-c5cncc(NC(=O)N(C)C)c5)cc34)cn2)CC1.O=C(Nc1ccc(N2CCOCC2)nc1)c1n[nH]c2ccc(-c3cncc(CN4CCCCC4)c3)cc12. The number of fused-ring (bicyclic) bond motifs is 4. The van der Waals surface area contributed by atoms with Crippen molar-refractivity contribution in [3.05, 3.63) is 260 Å². The Kier molecular flexibility index (Phi) is 35.2. The number of hydrogen-bond acceptors (Lipinski definition) is 27. The van der Waals surface area contributed by atoms with E-state index < -0.39 is 0 Å². The summed E-state index contributed by atoms with van der Waals surface area (Å²) in [4.78, 5) is 132. The van der Waals surface area contributed by atoms with E-state index in [0.29, 0.717) is 75.2 Å². The van der Waals surface area contributed by atoms with Crippen molar-refractivity contribution in [1.82, 2.24) is 110 Å². The fourth-order valence-electron chi connectivity index (χ4n) is 17.8.